The van der Waals surface area contributed by atoms with Crippen molar-refractivity contribution in [3.05, 3.63) is 210 Å². The third kappa shape index (κ3) is 4.53. The largest absolute Gasteiger partial charge is 0.457 e. The first kappa shape index (κ1) is 30.5. The van der Waals surface area contributed by atoms with Crippen molar-refractivity contribution in [3.8, 4) is 67.9 Å². The topological polar surface area (TPSA) is 47.9 Å². The Morgan fingerprint density at radius 1 is 0.315 bits per heavy atom. The number of benzene rings is 8. The first-order valence-corrected chi connectivity index (χ1v) is 18.3. The van der Waals surface area contributed by atoms with Gasteiger partial charge in [0.2, 0.25) is 0 Å². The minimum Gasteiger partial charge on any atom is -0.457 e. The van der Waals surface area contributed by atoms with Gasteiger partial charge in [-0.25, -0.2) is 15.0 Å². The van der Waals surface area contributed by atoms with E-state index in [-0.39, 0.29) is 0 Å². The number of rotatable bonds is 4. The zero-order chi connectivity index (χ0) is 35.6. The lowest BCUT2D eigenvalue weighted by Gasteiger charge is -2.39. The van der Waals surface area contributed by atoms with E-state index in [1.165, 1.54) is 33.0 Å². The number of aromatic nitrogens is 3. The highest BCUT2D eigenvalue weighted by Crippen LogP contribution is 2.62. The third-order valence-electron chi connectivity index (χ3n) is 11.0. The predicted octanol–water partition coefficient (Wildman–Crippen LogP) is 12.2. The SMILES string of the molecule is c1ccc(-c2nc(-c3ccc4c(c3)C3(c5ccccc5Oc5ccccc53)c3ccccc3-4)nc(-c3ccccc3-c3ccc4ccccc4c3)n2)cc1. The van der Waals surface area contributed by atoms with E-state index >= 15 is 0 Å². The van der Waals surface area contributed by atoms with E-state index in [4.69, 9.17) is 19.7 Å². The Balaban J connectivity index is 1.15. The van der Waals surface area contributed by atoms with Crippen molar-refractivity contribution < 1.29 is 4.74 Å². The molecule has 9 aromatic rings. The van der Waals surface area contributed by atoms with Crippen molar-refractivity contribution in [3.63, 3.8) is 0 Å². The summed E-state index contributed by atoms with van der Waals surface area (Å²) in [5.41, 5.74) is 11.5. The van der Waals surface area contributed by atoms with Crippen molar-refractivity contribution in [2.45, 2.75) is 5.41 Å². The first-order chi connectivity index (χ1) is 26.8. The Morgan fingerprint density at radius 3 is 1.61 bits per heavy atom. The number of hydrogen-bond acceptors (Lipinski definition) is 4. The van der Waals surface area contributed by atoms with E-state index in [2.05, 4.69) is 158 Å². The van der Waals surface area contributed by atoms with Gasteiger partial charge in [-0.15, -0.1) is 0 Å². The van der Waals surface area contributed by atoms with Crippen LogP contribution in [0.25, 0.3) is 67.2 Å². The number of hydrogen-bond donors (Lipinski definition) is 0. The summed E-state index contributed by atoms with van der Waals surface area (Å²) in [6.07, 6.45) is 0. The average molecular weight is 690 g/mol. The van der Waals surface area contributed by atoms with Crippen molar-refractivity contribution in [1.82, 2.24) is 15.0 Å². The second-order valence-corrected chi connectivity index (χ2v) is 13.9. The molecule has 4 heteroatoms. The van der Waals surface area contributed by atoms with Crippen LogP contribution in [0.4, 0.5) is 0 Å². The molecule has 0 radical (unpaired) electrons. The second kappa shape index (κ2) is 11.9. The molecule has 0 saturated carbocycles. The summed E-state index contributed by atoms with van der Waals surface area (Å²) in [4.78, 5) is 15.6. The highest BCUT2D eigenvalue weighted by molar-refractivity contribution is 5.92. The first-order valence-electron chi connectivity index (χ1n) is 18.3. The molecule has 1 spiro atoms. The van der Waals surface area contributed by atoms with Gasteiger partial charge in [0.15, 0.2) is 17.5 Å². The second-order valence-electron chi connectivity index (χ2n) is 13.9. The standard InChI is InChI=1S/C50H31N3O/c1-2-15-33(16-3-1)47-51-48(53-49(52-47)40-20-7-6-18-37(40)35-27-26-32-14-4-5-17-34(32)30-35)36-28-29-39-38-19-8-9-21-41(38)50(44(39)31-36)42-22-10-12-24-45(42)54-46-25-13-11-23-43(46)50/h1-31H. The van der Waals surface area contributed by atoms with E-state index in [1.54, 1.807) is 0 Å². The Labute approximate surface area is 313 Å². The summed E-state index contributed by atoms with van der Waals surface area (Å²) >= 11 is 0. The molecule has 252 valence electrons. The summed E-state index contributed by atoms with van der Waals surface area (Å²) < 4.78 is 6.58. The van der Waals surface area contributed by atoms with Crippen LogP contribution >= 0.6 is 0 Å². The highest BCUT2D eigenvalue weighted by Gasteiger charge is 2.51. The van der Waals surface area contributed by atoms with Crippen LogP contribution < -0.4 is 4.74 Å². The molecule has 11 rings (SSSR count). The fourth-order valence-corrected chi connectivity index (χ4v) is 8.62. The third-order valence-corrected chi connectivity index (χ3v) is 11.0. The molecule has 0 amide bonds. The lowest BCUT2D eigenvalue weighted by molar-refractivity contribution is 0.436. The van der Waals surface area contributed by atoms with E-state index in [0.717, 1.165) is 50.4 Å². The minimum atomic E-state index is -0.589. The van der Waals surface area contributed by atoms with Gasteiger partial charge in [0.25, 0.3) is 0 Å². The van der Waals surface area contributed by atoms with E-state index in [0.29, 0.717) is 17.5 Å². The normalized spacial score (nSPS) is 13.1. The lowest BCUT2D eigenvalue weighted by Crippen LogP contribution is -2.32. The van der Waals surface area contributed by atoms with Gasteiger partial charge in [-0.1, -0.05) is 164 Å². The Morgan fingerprint density at radius 2 is 0.852 bits per heavy atom. The van der Waals surface area contributed by atoms with Crippen LogP contribution in [0.5, 0.6) is 11.5 Å². The predicted molar refractivity (Wildman–Crippen MR) is 216 cm³/mol. The zero-order valence-corrected chi connectivity index (χ0v) is 29.1. The van der Waals surface area contributed by atoms with Gasteiger partial charge in [-0.2, -0.15) is 0 Å². The van der Waals surface area contributed by atoms with Gasteiger partial charge in [0.1, 0.15) is 11.5 Å². The van der Waals surface area contributed by atoms with Crippen LogP contribution in [-0.2, 0) is 5.41 Å². The average Bonchev–Trinajstić information content (AvgIpc) is 3.53. The zero-order valence-electron chi connectivity index (χ0n) is 29.1. The molecule has 0 N–H and O–H groups in total. The summed E-state index contributed by atoms with van der Waals surface area (Å²) in [6.45, 7) is 0. The van der Waals surface area contributed by atoms with E-state index < -0.39 is 5.41 Å². The number of para-hydroxylation sites is 2. The van der Waals surface area contributed by atoms with E-state index in [1.807, 2.05) is 30.3 Å². The molecule has 0 saturated heterocycles. The molecule has 1 aromatic heterocycles. The molecule has 4 nitrogen and oxygen atoms in total. The molecule has 54 heavy (non-hydrogen) atoms. The monoisotopic (exact) mass is 689 g/mol. The molecule has 1 aliphatic carbocycles. The van der Waals surface area contributed by atoms with Gasteiger partial charge < -0.3 is 4.74 Å². The molecule has 0 atom stereocenters. The Hall–Kier alpha value is -7.17. The van der Waals surface area contributed by atoms with E-state index in [9.17, 15) is 0 Å². The molecule has 2 heterocycles. The highest BCUT2D eigenvalue weighted by atomic mass is 16.5. The molecular formula is C50H31N3O. The van der Waals surface area contributed by atoms with Crippen LogP contribution in [0, 0.1) is 0 Å². The Bertz CT molecular complexity index is 2890. The van der Waals surface area contributed by atoms with Crippen LogP contribution in [-0.4, -0.2) is 15.0 Å². The van der Waals surface area contributed by atoms with Crippen LogP contribution in [0.3, 0.4) is 0 Å². The molecule has 0 bridgehead atoms. The lowest BCUT2D eigenvalue weighted by atomic mass is 9.66. The molecule has 1 aliphatic heterocycles. The van der Waals surface area contributed by atoms with Crippen LogP contribution in [0.2, 0.25) is 0 Å². The Kier molecular flexibility index (Phi) is 6.73. The number of nitrogens with zero attached hydrogens (tertiary/aromatic N) is 3. The van der Waals surface area contributed by atoms with Gasteiger partial charge in [0, 0.05) is 27.8 Å². The maximum absolute atomic E-state index is 6.58. The quantitative estimate of drug-likeness (QED) is 0.185. The molecule has 0 fully saturated rings. The van der Waals surface area contributed by atoms with Gasteiger partial charge in [-0.3, -0.25) is 0 Å². The van der Waals surface area contributed by atoms with Gasteiger partial charge in [0.05, 0.1) is 5.41 Å². The number of fused-ring (bicyclic) bond motifs is 10. The van der Waals surface area contributed by atoms with Crippen LogP contribution in [0.1, 0.15) is 22.3 Å². The number of ether oxygens (including phenoxy) is 1. The molecule has 8 aromatic carbocycles. The molecule has 0 unspecified atom stereocenters. The van der Waals surface area contributed by atoms with Gasteiger partial charge >= 0.3 is 0 Å². The molecule has 2 aliphatic rings. The summed E-state index contributed by atoms with van der Waals surface area (Å²) in [7, 11) is 0. The maximum Gasteiger partial charge on any atom is 0.164 e. The fourth-order valence-electron chi connectivity index (χ4n) is 8.62. The van der Waals surface area contributed by atoms with Crippen LogP contribution in [0.15, 0.2) is 188 Å². The summed E-state index contributed by atoms with van der Waals surface area (Å²) in [5.74, 6) is 3.61. The molecular weight excluding hydrogens is 659 g/mol. The van der Waals surface area contributed by atoms with Crippen molar-refractivity contribution in [1.29, 1.82) is 0 Å². The van der Waals surface area contributed by atoms with Gasteiger partial charge in [-0.05, 0) is 68.4 Å². The van der Waals surface area contributed by atoms with Crippen molar-refractivity contribution in [2.24, 2.45) is 0 Å². The smallest absolute Gasteiger partial charge is 0.164 e. The van der Waals surface area contributed by atoms with Crippen molar-refractivity contribution >= 4 is 10.8 Å². The van der Waals surface area contributed by atoms with Crippen molar-refractivity contribution in [2.75, 3.05) is 0 Å². The summed E-state index contributed by atoms with van der Waals surface area (Å²) in [6, 6.07) is 66.0. The fraction of sp³-hybridized carbons (Fsp3) is 0.0200. The maximum atomic E-state index is 6.58. The minimum absolute atomic E-state index is 0.589. The summed E-state index contributed by atoms with van der Waals surface area (Å²) in [5, 5.41) is 2.40.